The lowest BCUT2D eigenvalue weighted by Gasteiger charge is -2.10. The van der Waals surface area contributed by atoms with Crippen LogP contribution in [0.3, 0.4) is 0 Å². The van der Waals surface area contributed by atoms with Crippen LogP contribution in [0.4, 0.5) is 0 Å². The standard InChI is InChI=1S/C20H23NO4/c1-14(2)13-25-18-5-3-4-16(10-18)12-21-19(22)11-15-6-8-17(9-7-15)20(23)24/h3-10,14H,11-13H2,1-2H3,(H,21,22)(H,23,24). The van der Waals surface area contributed by atoms with E-state index in [0.29, 0.717) is 19.1 Å². The van der Waals surface area contributed by atoms with E-state index in [0.717, 1.165) is 16.9 Å². The molecule has 2 aromatic carbocycles. The number of hydrogen-bond donors (Lipinski definition) is 2. The Morgan fingerprint density at radius 3 is 2.44 bits per heavy atom. The first kappa shape index (κ1) is 18.5. The monoisotopic (exact) mass is 341 g/mol. The van der Waals surface area contributed by atoms with Crippen molar-refractivity contribution in [2.75, 3.05) is 6.61 Å². The number of carbonyl (C=O) groups is 2. The molecule has 0 bridgehead atoms. The van der Waals surface area contributed by atoms with E-state index in [2.05, 4.69) is 19.2 Å². The summed E-state index contributed by atoms with van der Waals surface area (Å²) < 4.78 is 5.68. The molecular weight excluding hydrogens is 318 g/mol. The first-order chi connectivity index (χ1) is 11.9. The minimum Gasteiger partial charge on any atom is -0.493 e. The van der Waals surface area contributed by atoms with E-state index in [1.165, 1.54) is 12.1 Å². The second kappa shape index (κ2) is 8.87. The number of hydrogen-bond acceptors (Lipinski definition) is 3. The van der Waals surface area contributed by atoms with Gasteiger partial charge in [-0.3, -0.25) is 4.79 Å². The van der Waals surface area contributed by atoms with E-state index in [-0.39, 0.29) is 17.9 Å². The van der Waals surface area contributed by atoms with Crippen LogP contribution in [-0.2, 0) is 17.8 Å². The van der Waals surface area contributed by atoms with Crippen LogP contribution in [0, 0.1) is 5.92 Å². The van der Waals surface area contributed by atoms with Crippen LogP contribution in [0.2, 0.25) is 0 Å². The lowest BCUT2D eigenvalue weighted by Crippen LogP contribution is -2.24. The van der Waals surface area contributed by atoms with Gasteiger partial charge in [-0.15, -0.1) is 0 Å². The number of carboxylic acid groups (broad SMARTS) is 1. The molecule has 0 saturated heterocycles. The Morgan fingerprint density at radius 2 is 1.80 bits per heavy atom. The molecule has 0 aliphatic heterocycles. The molecule has 0 heterocycles. The lowest BCUT2D eigenvalue weighted by molar-refractivity contribution is -0.120. The van der Waals surface area contributed by atoms with Gasteiger partial charge < -0.3 is 15.2 Å². The summed E-state index contributed by atoms with van der Waals surface area (Å²) >= 11 is 0. The van der Waals surface area contributed by atoms with Gasteiger partial charge in [-0.05, 0) is 41.3 Å². The van der Waals surface area contributed by atoms with E-state index in [4.69, 9.17) is 9.84 Å². The second-order valence-electron chi connectivity index (χ2n) is 6.31. The number of aromatic carboxylic acids is 1. The Kier molecular flexibility index (Phi) is 6.57. The third-order valence-corrected chi connectivity index (χ3v) is 3.54. The molecule has 0 aromatic heterocycles. The van der Waals surface area contributed by atoms with Crippen LogP contribution in [0.15, 0.2) is 48.5 Å². The fraction of sp³-hybridized carbons (Fsp3) is 0.300. The molecule has 25 heavy (non-hydrogen) atoms. The maximum absolute atomic E-state index is 12.0. The minimum atomic E-state index is -0.976. The Hall–Kier alpha value is -2.82. The van der Waals surface area contributed by atoms with Gasteiger partial charge >= 0.3 is 5.97 Å². The van der Waals surface area contributed by atoms with E-state index < -0.39 is 5.97 Å². The number of ether oxygens (including phenoxy) is 1. The molecule has 0 unspecified atom stereocenters. The molecule has 0 spiro atoms. The summed E-state index contributed by atoms with van der Waals surface area (Å²) in [5, 5.41) is 11.7. The van der Waals surface area contributed by atoms with Gasteiger partial charge in [-0.25, -0.2) is 4.79 Å². The zero-order chi connectivity index (χ0) is 18.2. The third kappa shape index (κ3) is 6.30. The molecular formula is C20H23NO4. The highest BCUT2D eigenvalue weighted by Gasteiger charge is 2.06. The van der Waals surface area contributed by atoms with Crippen molar-refractivity contribution in [3.8, 4) is 5.75 Å². The predicted molar refractivity (Wildman–Crippen MR) is 95.7 cm³/mol. The molecule has 0 aliphatic rings. The molecule has 2 rings (SSSR count). The summed E-state index contributed by atoms with van der Waals surface area (Å²) in [5.41, 5.74) is 1.95. The zero-order valence-electron chi connectivity index (χ0n) is 14.5. The van der Waals surface area contributed by atoms with Gasteiger partial charge in [-0.2, -0.15) is 0 Å². The molecule has 0 radical (unpaired) electrons. The zero-order valence-corrected chi connectivity index (χ0v) is 14.5. The highest BCUT2D eigenvalue weighted by Crippen LogP contribution is 2.14. The van der Waals surface area contributed by atoms with Gasteiger partial charge in [0.15, 0.2) is 0 Å². The summed E-state index contributed by atoms with van der Waals surface area (Å²) in [6.07, 6.45) is 0.212. The number of nitrogens with one attached hydrogen (secondary N) is 1. The summed E-state index contributed by atoms with van der Waals surface area (Å²) in [6.45, 7) is 5.26. The Morgan fingerprint density at radius 1 is 1.08 bits per heavy atom. The molecule has 5 nitrogen and oxygen atoms in total. The largest absolute Gasteiger partial charge is 0.493 e. The summed E-state index contributed by atoms with van der Waals surface area (Å²) in [7, 11) is 0. The number of amides is 1. The van der Waals surface area contributed by atoms with Crippen LogP contribution < -0.4 is 10.1 Å². The van der Waals surface area contributed by atoms with Gasteiger partial charge in [0.25, 0.3) is 0 Å². The average Bonchev–Trinajstić information content (AvgIpc) is 2.59. The van der Waals surface area contributed by atoms with Crippen LogP contribution in [0.1, 0.15) is 35.3 Å². The topological polar surface area (TPSA) is 75.6 Å². The van der Waals surface area contributed by atoms with Gasteiger partial charge in [0.1, 0.15) is 5.75 Å². The van der Waals surface area contributed by atoms with Crippen molar-refractivity contribution < 1.29 is 19.4 Å². The maximum Gasteiger partial charge on any atom is 0.335 e. The first-order valence-corrected chi connectivity index (χ1v) is 8.24. The second-order valence-corrected chi connectivity index (χ2v) is 6.31. The molecule has 0 atom stereocenters. The quantitative estimate of drug-likeness (QED) is 0.772. The molecule has 2 aromatic rings. The Labute approximate surface area is 147 Å². The number of rotatable bonds is 8. The van der Waals surface area contributed by atoms with Crippen molar-refractivity contribution in [3.63, 3.8) is 0 Å². The molecule has 2 N–H and O–H groups in total. The van der Waals surface area contributed by atoms with Crippen molar-refractivity contribution in [2.45, 2.75) is 26.8 Å². The van der Waals surface area contributed by atoms with Crippen molar-refractivity contribution in [2.24, 2.45) is 5.92 Å². The van der Waals surface area contributed by atoms with Crippen LogP contribution in [0.5, 0.6) is 5.75 Å². The van der Waals surface area contributed by atoms with Gasteiger partial charge in [0.05, 0.1) is 18.6 Å². The van der Waals surface area contributed by atoms with Crippen molar-refractivity contribution in [3.05, 3.63) is 65.2 Å². The maximum atomic E-state index is 12.0. The van der Waals surface area contributed by atoms with Crippen molar-refractivity contribution in [1.29, 1.82) is 0 Å². The van der Waals surface area contributed by atoms with E-state index in [9.17, 15) is 9.59 Å². The fourth-order valence-corrected chi connectivity index (χ4v) is 2.22. The molecule has 0 saturated carbocycles. The minimum absolute atomic E-state index is 0.114. The van der Waals surface area contributed by atoms with Crippen molar-refractivity contribution in [1.82, 2.24) is 5.32 Å². The number of benzene rings is 2. The van der Waals surface area contributed by atoms with Gasteiger partial charge in [-0.1, -0.05) is 38.1 Å². The molecule has 0 fully saturated rings. The summed E-state index contributed by atoms with van der Waals surface area (Å²) in [5.74, 6) is 0.160. The van der Waals surface area contributed by atoms with Crippen molar-refractivity contribution >= 4 is 11.9 Å². The Bertz CT molecular complexity index is 723. The average molecular weight is 341 g/mol. The molecule has 1 amide bonds. The van der Waals surface area contributed by atoms with E-state index in [1.807, 2.05) is 24.3 Å². The highest BCUT2D eigenvalue weighted by atomic mass is 16.5. The summed E-state index contributed by atoms with van der Waals surface area (Å²) in [6, 6.07) is 14.0. The number of carboxylic acids is 1. The third-order valence-electron chi connectivity index (χ3n) is 3.54. The van der Waals surface area contributed by atoms with E-state index in [1.54, 1.807) is 12.1 Å². The van der Waals surface area contributed by atoms with Gasteiger partial charge in [0, 0.05) is 6.54 Å². The van der Waals surface area contributed by atoms with Gasteiger partial charge in [0.2, 0.25) is 5.91 Å². The molecule has 5 heteroatoms. The molecule has 132 valence electrons. The van der Waals surface area contributed by atoms with Crippen LogP contribution in [0.25, 0.3) is 0 Å². The Balaban J connectivity index is 1.85. The lowest BCUT2D eigenvalue weighted by atomic mass is 10.1. The first-order valence-electron chi connectivity index (χ1n) is 8.24. The SMILES string of the molecule is CC(C)COc1cccc(CNC(=O)Cc2ccc(C(=O)O)cc2)c1. The van der Waals surface area contributed by atoms with E-state index >= 15 is 0 Å². The predicted octanol–water partition coefficient (Wildman–Crippen LogP) is 3.28. The summed E-state index contributed by atoms with van der Waals surface area (Å²) in [4.78, 5) is 22.9. The highest BCUT2D eigenvalue weighted by molar-refractivity contribution is 5.87. The number of carbonyl (C=O) groups excluding carboxylic acids is 1. The van der Waals surface area contributed by atoms with Crippen LogP contribution in [-0.4, -0.2) is 23.6 Å². The fourth-order valence-electron chi connectivity index (χ4n) is 2.22. The van der Waals surface area contributed by atoms with Crippen LogP contribution >= 0.6 is 0 Å². The smallest absolute Gasteiger partial charge is 0.335 e. The molecule has 0 aliphatic carbocycles. The normalized spacial score (nSPS) is 10.5.